The van der Waals surface area contributed by atoms with Gasteiger partial charge in [-0.05, 0) is 25.1 Å². The monoisotopic (exact) mass is 443 g/mol. The zero-order valence-electron chi connectivity index (χ0n) is 16.1. The molecule has 9 nitrogen and oxygen atoms in total. The lowest BCUT2D eigenvalue weighted by Gasteiger charge is -2.16. The van der Waals surface area contributed by atoms with Gasteiger partial charge in [-0.1, -0.05) is 23.2 Å². The number of aliphatic hydroxyl groups excluding tert-OH is 1. The number of hydrogen-bond acceptors (Lipinski definition) is 5. The fraction of sp³-hybridized carbons (Fsp3) is 0.389. The number of ether oxygens (including phenoxy) is 1. The van der Waals surface area contributed by atoms with Gasteiger partial charge in [-0.3, -0.25) is 10.1 Å². The number of rotatable bonds is 9. The molecule has 158 valence electrons. The van der Waals surface area contributed by atoms with E-state index < -0.39 is 11.0 Å². The molecule has 0 saturated carbocycles. The van der Waals surface area contributed by atoms with Gasteiger partial charge in [-0.25, -0.2) is 4.99 Å². The number of nitro benzene ring substituents is 1. The molecule has 0 radical (unpaired) electrons. The van der Waals surface area contributed by atoms with Crippen molar-refractivity contribution in [2.24, 2.45) is 12.0 Å². The minimum absolute atomic E-state index is 0.0211. The molecule has 29 heavy (non-hydrogen) atoms. The third kappa shape index (κ3) is 6.81. The van der Waals surface area contributed by atoms with Crippen molar-refractivity contribution >= 4 is 34.8 Å². The summed E-state index contributed by atoms with van der Waals surface area (Å²) in [6, 6.07) is 7.42. The Labute approximate surface area is 178 Å². The van der Waals surface area contributed by atoms with Gasteiger partial charge >= 0.3 is 0 Å². The van der Waals surface area contributed by atoms with Gasteiger partial charge in [-0.2, -0.15) is 0 Å². The zero-order chi connectivity index (χ0) is 21.4. The first kappa shape index (κ1) is 22.8. The van der Waals surface area contributed by atoms with E-state index in [-0.39, 0.29) is 18.8 Å². The molecule has 2 aromatic rings. The molecule has 1 aromatic carbocycles. The number of hydrogen-bond donors (Lipinski definition) is 3. The third-order valence-electron chi connectivity index (χ3n) is 3.95. The van der Waals surface area contributed by atoms with E-state index in [1.807, 2.05) is 6.92 Å². The lowest BCUT2D eigenvalue weighted by Crippen LogP contribution is -2.42. The summed E-state index contributed by atoms with van der Waals surface area (Å²) in [6.45, 7) is 3.16. The lowest BCUT2D eigenvalue weighted by molar-refractivity contribution is -0.384. The molecule has 1 unspecified atom stereocenters. The van der Waals surface area contributed by atoms with E-state index in [1.54, 1.807) is 17.7 Å². The average molecular weight is 444 g/mol. The Kier molecular flexibility index (Phi) is 8.56. The number of nitrogens with one attached hydrogen (secondary N) is 2. The first-order valence-corrected chi connectivity index (χ1v) is 9.64. The molecule has 3 N–H and O–H groups in total. The molecule has 0 amide bonds. The van der Waals surface area contributed by atoms with Gasteiger partial charge in [-0.15, -0.1) is 0 Å². The minimum atomic E-state index is -0.812. The number of halogens is 2. The van der Waals surface area contributed by atoms with E-state index in [2.05, 4.69) is 15.6 Å². The molecular formula is C18H23Cl2N5O4. The second-order valence-electron chi connectivity index (χ2n) is 6.13. The number of aromatic nitrogens is 1. The van der Waals surface area contributed by atoms with Crippen molar-refractivity contribution in [1.29, 1.82) is 0 Å². The second-order valence-corrected chi connectivity index (χ2v) is 6.89. The fourth-order valence-electron chi connectivity index (χ4n) is 2.37. The highest BCUT2D eigenvalue weighted by atomic mass is 35.5. The maximum Gasteiger partial charge on any atom is 0.269 e. The largest absolute Gasteiger partial charge is 0.491 e. The summed E-state index contributed by atoms with van der Waals surface area (Å²) in [7, 11) is 1.80. The van der Waals surface area contributed by atoms with E-state index in [0.717, 1.165) is 5.69 Å². The molecule has 0 fully saturated rings. The van der Waals surface area contributed by atoms with Crippen LogP contribution in [0.5, 0.6) is 5.75 Å². The summed E-state index contributed by atoms with van der Waals surface area (Å²) < 4.78 is 7.20. The molecule has 2 rings (SSSR count). The van der Waals surface area contributed by atoms with Crippen molar-refractivity contribution in [2.75, 3.05) is 19.7 Å². The Morgan fingerprint density at radius 2 is 2.03 bits per heavy atom. The highest BCUT2D eigenvalue weighted by molar-refractivity contribution is 6.41. The van der Waals surface area contributed by atoms with Crippen LogP contribution in [0, 0.1) is 10.1 Å². The van der Waals surface area contributed by atoms with Crippen molar-refractivity contribution in [3.05, 3.63) is 56.3 Å². The molecule has 0 aliphatic rings. The average Bonchev–Trinajstić information content (AvgIpc) is 2.95. The standard InChI is InChI=1S/C18H23Cl2N5O4/c1-3-21-18(22-9-13-8-16(19)17(20)24(13)2)23-10-14(26)11-29-15-6-4-12(5-7-15)25(27)28/h4-8,14,26H,3,9-11H2,1-2H3,(H2,21,22,23). The zero-order valence-corrected chi connectivity index (χ0v) is 17.6. The number of guanidine groups is 1. The van der Waals surface area contributed by atoms with Crippen LogP contribution in [-0.4, -0.2) is 46.4 Å². The summed E-state index contributed by atoms with van der Waals surface area (Å²) in [6.07, 6.45) is -0.812. The number of aliphatic hydroxyl groups is 1. The number of nitro groups is 1. The smallest absolute Gasteiger partial charge is 0.269 e. The van der Waals surface area contributed by atoms with Crippen LogP contribution >= 0.6 is 23.2 Å². The highest BCUT2D eigenvalue weighted by Gasteiger charge is 2.11. The topological polar surface area (TPSA) is 114 Å². The van der Waals surface area contributed by atoms with Crippen molar-refractivity contribution in [3.63, 3.8) is 0 Å². The van der Waals surface area contributed by atoms with Crippen molar-refractivity contribution in [3.8, 4) is 5.75 Å². The molecular weight excluding hydrogens is 421 g/mol. The molecule has 0 spiro atoms. The Morgan fingerprint density at radius 3 is 2.59 bits per heavy atom. The maximum absolute atomic E-state index is 10.6. The second kappa shape index (κ2) is 10.9. The number of benzene rings is 1. The molecule has 11 heteroatoms. The van der Waals surface area contributed by atoms with Gasteiger partial charge in [0.25, 0.3) is 5.69 Å². The van der Waals surface area contributed by atoms with Crippen molar-refractivity contribution in [1.82, 2.24) is 15.2 Å². The number of non-ortho nitro benzene ring substituents is 1. The molecule has 1 atom stereocenters. The van der Waals surface area contributed by atoms with Crippen LogP contribution in [-0.2, 0) is 13.6 Å². The molecule has 1 heterocycles. The van der Waals surface area contributed by atoms with Gasteiger partial charge in [0, 0.05) is 38.0 Å². The van der Waals surface area contributed by atoms with E-state index in [4.69, 9.17) is 27.9 Å². The normalized spacial score (nSPS) is 12.5. The van der Waals surface area contributed by atoms with Gasteiger partial charge in [0.15, 0.2) is 5.96 Å². The Bertz CT molecular complexity index is 855. The van der Waals surface area contributed by atoms with E-state index in [0.29, 0.717) is 35.0 Å². The highest BCUT2D eigenvalue weighted by Crippen LogP contribution is 2.25. The van der Waals surface area contributed by atoms with Crippen LogP contribution in [0.4, 0.5) is 5.69 Å². The first-order chi connectivity index (χ1) is 13.8. The molecule has 0 aliphatic heterocycles. The number of aliphatic imine (C=N–C) groups is 1. The Morgan fingerprint density at radius 1 is 1.34 bits per heavy atom. The molecule has 0 aliphatic carbocycles. The van der Waals surface area contributed by atoms with E-state index in [9.17, 15) is 15.2 Å². The third-order valence-corrected chi connectivity index (χ3v) is 4.80. The molecule has 0 saturated heterocycles. The Hall–Kier alpha value is -2.49. The van der Waals surface area contributed by atoms with Crippen LogP contribution in [0.15, 0.2) is 35.3 Å². The van der Waals surface area contributed by atoms with Crippen LogP contribution in [0.2, 0.25) is 10.2 Å². The lowest BCUT2D eigenvalue weighted by atomic mass is 10.3. The van der Waals surface area contributed by atoms with Gasteiger partial charge in [0.2, 0.25) is 0 Å². The van der Waals surface area contributed by atoms with Crippen molar-refractivity contribution in [2.45, 2.75) is 19.6 Å². The predicted molar refractivity (Wildman–Crippen MR) is 113 cm³/mol. The SMILES string of the molecule is CCNC(=NCc1cc(Cl)c(Cl)n1C)NCC(O)COc1ccc([N+](=O)[O-])cc1. The maximum atomic E-state index is 10.6. The van der Waals surface area contributed by atoms with Crippen LogP contribution in [0.25, 0.3) is 0 Å². The molecule has 1 aromatic heterocycles. The van der Waals surface area contributed by atoms with E-state index in [1.165, 1.54) is 24.3 Å². The predicted octanol–water partition coefficient (Wildman–Crippen LogP) is 2.74. The van der Waals surface area contributed by atoms with Gasteiger partial charge in [0.05, 0.1) is 16.5 Å². The summed E-state index contributed by atoms with van der Waals surface area (Å²) in [5, 5.41) is 27.8. The summed E-state index contributed by atoms with van der Waals surface area (Å²) in [4.78, 5) is 14.6. The summed E-state index contributed by atoms with van der Waals surface area (Å²) in [5.74, 6) is 0.961. The van der Waals surface area contributed by atoms with Crippen LogP contribution in [0.3, 0.4) is 0 Å². The van der Waals surface area contributed by atoms with Crippen molar-refractivity contribution < 1.29 is 14.8 Å². The van der Waals surface area contributed by atoms with Crippen LogP contribution in [0.1, 0.15) is 12.6 Å². The summed E-state index contributed by atoms with van der Waals surface area (Å²) >= 11 is 12.1. The minimum Gasteiger partial charge on any atom is -0.491 e. The van der Waals surface area contributed by atoms with Gasteiger partial charge < -0.3 is 25.0 Å². The van der Waals surface area contributed by atoms with E-state index >= 15 is 0 Å². The fourth-order valence-corrected chi connectivity index (χ4v) is 2.79. The quantitative estimate of drug-likeness (QED) is 0.237. The van der Waals surface area contributed by atoms with Gasteiger partial charge in [0.1, 0.15) is 23.6 Å². The first-order valence-electron chi connectivity index (χ1n) is 8.88. The number of nitrogens with zero attached hydrogens (tertiary/aromatic N) is 3. The Balaban J connectivity index is 1.85. The molecule has 0 bridgehead atoms. The summed E-state index contributed by atoms with van der Waals surface area (Å²) in [5.41, 5.74) is 0.825. The van der Waals surface area contributed by atoms with Crippen LogP contribution < -0.4 is 15.4 Å².